The first-order valence-electron chi connectivity index (χ1n) is 4.47. The maximum atomic E-state index is 12.4. The maximum absolute atomic E-state index is 12.4. The second-order valence-electron chi connectivity index (χ2n) is 3.38. The van der Waals surface area contributed by atoms with Crippen LogP contribution in [0.5, 0.6) is 0 Å². The Morgan fingerprint density at radius 1 is 1.59 bits per heavy atom. The molecule has 0 saturated carbocycles. The highest BCUT2D eigenvalue weighted by atomic mass is 19.4. The molecular formula is C9H10F3N3O2. The molecule has 1 heterocycles. The van der Waals surface area contributed by atoms with Crippen molar-refractivity contribution in [3.63, 3.8) is 0 Å². The number of pyridine rings is 1. The summed E-state index contributed by atoms with van der Waals surface area (Å²) in [5.74, 6) is -1.17. The molecule has 0 unspecified atom stereocenters. The molecule has 3 N–H and O–H groups in total. The first-order chi connectivity index (χ1) is 7.71. The quantitative estimate of drug-likeness (QED) is 0.841. The number of nitrogens with zero attached hydrogens (tertiary/aromatic N) is 2. The van der Waals surface area contributed by atoms with Crippen LogP contribution in [0.25, 0.3) is 0 Å². The van der Waals surface area contributed by atoms with E-state index in [9.17, 15) is 18.0 Å². The molecule has 8 heteroatoms. The molecule has 17 heavy (non-hydrogen) atoms. The van der Waals surface area contributed by atoms with Crippen molar-refractivity contribution < 1.29 is 23.1 Å². The Morgan fingerprint density at radius 2 is 2.18 bits per heavy atom. The molecule has 0 radical (unpaired) electrons. The molecule has 5 nitrogen and oxygen atoms in total. The molecular weight excluding hydrogens is 239 g/mol. The standard InChI is InChI=1S/C9H10F3N3O2/c1-15(4-8(16)17)6-2-7(9(10,11)12)14-3-5(6)13/h2-3H,4,13H2,1H3,(H,16,17). The fraction of sp³-hybridized carbons (Fsp3) is 0.333. The van der Waals surface area contributed by atoms with Gasteiger partial charge in [-0.2, -0.15) is 13.2 Å². The van der Waals surface area contributed by atoms with E-state index < -0.39 is 24.4 Å². The molecule has 1 rings (SSSR count). The van der Waals surface area contributed by atoms with E-state index >= 15 is 0 Å². The molecule has 0 aliphatic rings. The predicted molar refractivity (Wildman–Crippen MR) is 54.6 cm³/mol. The van der Waals surface area contributed by atoms with Gasteiger partial charge in [-0.15, -0.1) is 0 Å². The average molecular weight is 249 g/mol. The molecule has 0 fully saturated rings. The number of nitrogen functional groups attached to an aromatic ring is 1. The Balaban J connectivity index is 3.10. The third kappa shape index (κ3) is 3.23. The van der Waals surface area contributed by atoms with E-state index in [1.807, 2.05) is 0 Å². The van der Waals surface area contributed by atoms with Gasteiger partial charge in [0.05, 0.1) is 17.6 Å². The molecule has 0 spiro atoms. The van der Waals surface area contributed by atoms with E-state index in [0.717, 1.165) is 17.2 Å². The molecule has 94 valence electrons. The van der Waals surface area contributed by atoms with Gasteiger partial charge in [-0.25, -0.2) is 4.98 Å². The Morgan fingerprint density at radius 3 is 2.65 bits per heavy atom. The lowest BCUT2D eigenvalue weighted by Crippen LogP contribution is -2.26. The molecule has 0 aliphatic carbocycles. The van der Waals surface area contributed by atoms with Crippen molar-refractivity contribution in [1.82, 2.24) is 4.98 Å². The van der Waals surface area contributed by atoms with Crippen LogP contribution < -0.4 is 10.6 Å². The smallest absolute Gasteiger partial charge is 0.433 e. The third-order valence-corrected chi connectivity index (χ3v) is 1.99. The molecule has 0 aromatic carbocycles. The van der Waals surface area contributed by atoms with Crippen LogP contribution in [0, 0.1) is 0 Å². The number of hydrogen-bond donors (Lipinski definition) is 2. The largest absolute Gasteiger partial charge is 0.480 e. The highest BCUT2D eigenvalue weighted by Gasteiger charge is 2.33. The first kappa shape index (κ1) is 13.1. The number of likely N-dealkylation sites (N-methyl/N-ethyl adjacent to an activating group) is 1. The van der Waals surface area contributed by atoms with Crippen molar-refractivity contribution >= 4 is 17.3 Å². The topological polar surface area (TPSA) is 79.5 Å². The summed E-state index contributed by atoms with van der Waals surface area (Å²) < 4.78 is 37.2. The van der Waals surface area contributed by atoms with Crippen LogP contribution in [0.4, 0.5) is 24.5 Å². The fourth-order valence-electron chi connectivity index (χ4n) is 1.23. The normalized spacial score (nSPS) is 11.3. The minimum Gasteiger partial charge on any atom is -0.480 e. The van der Waals surface area contributed by atoms with Gasteiger partial charge >= 0.3 is 12.1 Å². The number of aliphatic carboxylic acids is 1. The van der Waals surface area contributed by atoms with Crippen LogP contribution in [0.15, 0.2) is 12.3 Å². The third-order valence-electron chi connectivity index (χ3n) is 1.99. The fourth-order valence-corrected chi connectivity index (χ4v) is 1.23. The number of nitrogens with two attached hydrogens (primary N) is 1. The summed E-state index contributed by atoms with van der Waals surface area (Å²) in [6.07, 6.45) is -3.73. The van der Waals surface area contributed by atoms with Crippen LogP contribution in [-0.2, 0) is 11.0 Å². The zero-order valence-corrected chi connectivity index (χ0v) is 8.82. The summed E-state index contributed by atoms with van der Waals surface area (Å²) in [7, 11) is 1.33. The Hall–Kier alpha value is -1.99. The minimum atomic E-state index is -4.59. The minimum absolute atomic E-state index is 0.0123. The average Bonchev–Trinajstić information content (AvgIpc) is 2.15. The van der Waals surface area contributed by atoms with Gasteiger partial charge in [0.2, 0.25) is 0 Å². The summed E-state index contributed by atoms with van der Waals surface area (Å²) in [6.45, 7) is -0.453. The summed E-state index contributed by atoms with van der Waals surface area (Å²) in [6, 6.07) is 0.721. The van der Waals surface area contributed by atoms with Crippen LogP contribution >= 0.6 is 0 Å². The van der Waals surface area contributed by atoms with Crippen molar-refractivity contribution in [2.45, 2.75) is 6.18 Å². The van der Waals surface area contributed by atoms with Crippen molar-refractivity contribution in [1.29, 1.82) is 0 Å². The number of anilines is 2. The molecule has 0 bridgehead atoms. The monoisotopic (exact) mass is 249 g/mol. The number of carboxylic acids is 1. The first-order valence-corrected chi connectivity index (χ1v) is 4.47. The lowest BCUT2D eigenvalue weighted by Gasteiger charge is -2.19. The summed E-state index contributed by atoms with van der Waals surface area (Å²) in [4.78, 5) is 14.7. The molecule has 0 aliphatic heterocycles. The lowest BCUT2D eigenvalue weighted by atomic mass is 10.2. The number of rotatable bonds is 3. The van der Waals surface area contributed by atoms with Crippen molar-refractivity contribution in [2.24, 2.45) is 0 Å². The lowest BCUT2D eigenvalue weighted by molar-refractivity contribution is -0.141. The van der Waals surface area contributed by atoms with Crippen LogP contribution in [-0.4, -0.2) is 29.7 Å². The number of alkyl halides is 3. The van der Waals surface area contributed by atoms with Crippen LogP contribution in [0.3, 0.4) is 0 Å². The van der Waals surface area contributed by atoms with Gasteiger partial charge in [-0.05, 0) is 6.07 Å². The van der Waals surface area contributed by atoms with Gasteiger partial charge in [-0.3, -0.25) is 4.79 Å². The number of hydrogen-bond acceptors (Lipinski definition) is 4. The molecule has 0 amide bonds. The highest BCUT2D eigenvalue weighted by Crippen LogP contribution is 2.32. The van der Waals surface area contributed by atoms with E-state index in [1.165, 1.54) is 7.05 Å². The van der Waals surface area contributed by atoms with E-state index in [1.54, 1.807) is 0 Å². The number of aromatic nitrogens is 1. The zero-order valence-electron chi connectivity index (χ0n) is 8.82. The van der Waals surface area contributed by atoms with Gasteiger partial charge in [0.25, 0.3) is 0 Å². The summed E-state index contributed by atoms with van der Waals surface area (Å²) in [5.41, 5.74) is 4.30. The molecule has 0 saturated heterocycles. The zero-order chi connectivity index (χ0) is 13.2. The number of carbonyl (C=O) groups is 1. The number of halogens is 3. The highest BCUT2D eigenvalue weighted by molar-refractivity contribution is 5.76. The molecule has 0 atom stereocenters. The Labute approximate surface area is 94.7 Å². The van der Waals surface area contributed by atoms with E-state index in [0.29, 0.717) is 0 Å². The summed E-state index contributed by atoms with van der Waals surface area (Å²) >= 11 is 0. The van der Waals surface area contributed by atoms with Crippen LogP contribution in [0.2, 0.25) is 0 Å². The van der Waals surface area contributed by atoms with E-state index in [4.69, 9.17) is 10.8 Å². The van der Waals surface area contributed by atoms with Crippen molar-refractivity contribution in [3.8, 4) is 0 Å². The van der Waals surface area contributed by atoms with Crippen molar-refractivity contribution in [3.05, 3.63) is 18.0 Å². The molecule has 1 aromatic heterocycles. The van der Waals surface area contributed by atoms with Gasteiger partial charge in [0.15, 0.2) is 0 Å². The van der Waals surface area contributed by atoms with Gasteiger partial charge in [0, 0.05) is 7.05 Å². The van der Waals surface area contributed by atoms with Crippen molar-refractivity contribution in [2.75, 3.05) is 24.2 Å². The maximum Gasteiger partial charge on any atom is 0.433 e. The van der Waals surface area contributed by atoms with Gasteiger partial charge in [-0.1, -0.05) is 0 Å². The Bertz CT molecular complexity index is 434. The Kier molecular flexibility index (Phi) is 3.45. The second-order valence-corrected chi connectivity index (χ2v) is 3.38. The predicted octanol–water partition coefficient (Wildman–Crippen LogP) is 1.20. The second kappa shape index (κ2) is 4.48. The number of carboxylic acid groups (broad SMARTS) is 1. The van der Waals surface area contributed by atoms with Gasteiger partial charge < -0.3 is 15.7 Å². The van der Waals surface area contributed by atoms with E-state index in [-0.39, 0.29) is 11.4 Å². The van der Waals surface area contributed by atoms with Gasteiger partial charge in [0.1, 0.15) is 12.2 Å². The van der Waals surface area contributed by atoms with Crippen LogP contribution in [0.1, 0.15) is 5.69 Å². The molecule has 1 aromatic rings. The summed E-state index contributed by atoms with van der Waals surface area (Å²) in [5, 5.41) is 8.54. The van der Waals surface area contributed by atoms with E-state index in [2.05, 4.69) is 4.98 Å². The SMILES string of the molecule is CN(CC(=O)O)c1cc(C(F)(F)F)ncc1N.